The van der Waals surface area contributed by atoms with Crippen molar-refractivity contribution in [2.75, 3.05) is 37.3 Å². The maximum absolute atomic E-state index is 12.6. The first-order valence-electron chi connectivity index (χ1n) is 8.67. The molecule has 3 nitrogen and oxygen atoms in total. The van der Waals surface area contributed by atoms with Crippen molar-refractivity contribution in [1.82, 2.24) is 0 Å². The number of quaternary nitrogens is 1. The molecule has 0 saturated heterocycles. The van der Waals surface area contributed by atoms with Gasteiger partial charge in [-0.2, -0.15) is 0 Å². The Bertz CT molecular complexity index is 484. The number of carbonyl (C=O) groups is 1. The number of alkyl halides is 1. The Labute approximate surface area is 150 Å². The summed E-state index contributed by atoms with van der Waals surface area (Å²) >= 11 is 3.48. The summed E-state index contributed by atoms with van der Waals surface area (Å²) in [6, 6.07) is 6.12. The first-order chi connectivity index (χ1) is 10.9. The molecule has 0 aliphatic heterocycles. The third-order valence-electron chi connectivity index (χ3n) is 4.37. The van der Waals surface area contributed by atoms with Crippen molar-refractivity contribution in [1.29, 1.82) is 0 Å². The fourth-order valence-corrected chi connectivity index (χ4v) is 3.51. The summed E-state index contributed by atoms with van der Waals surface area (Å²) in [4.78, 5) is 12.6. The van der Waals surface area contributed by atoms with Gasteiger partial charge in [-0.15, -0.1) is 0 Å². The number of aryl methyl sites for hydroxylation is 2. The van der Waals surface area contributed by atoms with Crippen molar-refractivity contribution in [2.24, 2.45) is 0 Å². The second-order valence-corrected chi connectivity index (χ2v) is 7.58. The summed E-state index contributed by atoms with van der Waals surface area (Å²) in [6.07, 6.45) is 4.71. The lowest BCUT2D eigenvalue weighted by Crippen LogP contribution is -2.50. The van der Waals surface area contributed by atoms with Crippen molar-refractivity contribution in [2.45, 2.75) is 46.5 Å². The maximum Gasteiger partial charge on any atom is 0.279 e. The van der Waals surface area contributed by atoms with Gasteiger partial charge >= 0.3 is 0 Å². The molecule has 1 rings (SSSR count). The third-order valence-corrected chi connectivity index (χ3v) is 4.93. The van der Waals surface area contributed by atoms with Crippen LogP contribution in [0.3, 0.4) is 0 Å². The van der Waals surface area contributed by atoms with Crippen LogP contribution in [0.4, 0.5) is 5.69 Å². The summed E-state index contributed by atoms with van der Waals surface area (Å²) in [5.41, 5.74) is 3.22. The van der Waals surface area contributed by atoms with E-state index in [2.05, 4.69) is 35.2 Å². The molecule has 0 spiro atoms. The molecule has 23 heavy (non-hydrogen) atoms. The highest BCUT2D eigenvalue weighted by Gasteiger charge is 2.24. The molecule has 4 heteroatoms. The topological polar surface area (TPSA) is 29.1 Å². The van der Waals surface area contributed by atoms with Crippen molar-refractivity contribution < 1.29 is 9.28 Å². The number of anilines is 1. The van der Waals surface area contributed by atoms with Gasteiger partial charge in [0.1, 0.15) is 0 Å². The summed E-state index contributed by atoms with van der Waals surface area (Å²) in [5.74, 6) is 0.124. The van der Waals surface area contributed by atoms with Gasteiger partial charge in [0, 0.05) is 11.0 Å². The SMILES string of the molecule is CCC[N+](C)(CCCCCBr)CC(=O)Nc1c(C)cccc1C. The molecule has 1 aromatic carbocycles. The second-order valence-electron chi connectivity index (χ2n) is 6.79. The summed E-state index contributed by atoms with van der Waals surface area (Å²) < 4.78 is 0.829. The van der Waals surface area contributed by atoms with Crippen molar-refractivity contribution in [3.05, 3.63) is 29.3 Å². The Kier molecular flexibility index (Phi) is 8.85. The summed E-state index contributed by atoms with van der Waals surface area (Å²) in [6.45, 7) is 8.95. The van der Waals surface area contributed by atoms with Crippen LogP contribution in [0, 0.1) is 13.8 Å². The molecule has 0 aliphatic carbocycles. The molecule has 0 radical (unpaired) electrons. The molecule has 0 heterocycles. The standard InChI is InChI=1S/C19H31BrN2O/c1-5-13-22(4,14-8-6-7-12-20)15-18(23)21-19-16(2)10-9-11-17(19)3/h9-11H,5-8,12-15H2,1-4H3/p+1. The van der Waals surface area contributed by atoms with Crippen LogP contribution in [0.1, 0.15) is 43.7 Å². The van der Waals surface area contributed by atoms with E-state index in [4.69, 9.17) is 0 Å². The fraction of sp³-hybridized carbons (Fsp3) is 0.632. The molecule has 0 saturated carbocycles. The number of carbonyl (C=O) groups excluding carboxylic acids is 1. The molecule has 1 N–H and O–H groups in total. The van der Waals surface area contributed by atoms with Gasteiger partial charge in [-0.3, -0.25) is 4.79 Å². The zero-order valence-corrected chi connectivity index (χ0v) is 16.7. The highest BCUT2D eigenvalue weighted by Crippen LogP contribution is 2.20. The maximum atomic E-state index is 12.6. The van der Waals surface area contributed by atoms with Gasteiger partial charge in [-0.05, 0) is 50.7 Å². The van der Waals surface area contributed by atoms with Crippen LogP contribution in [-0.2, 0) is 4.79 Å². The van der Waals surface area contributed by atoms with Gasteiger partial charge in [0.25, 0.3) is 5.91 Å². The van der Waals surface area contributed by atoms with Crippen LogP contribution in [0.25, 0.3) is 0 Å². The smallest absolute Gasteiger partial charge is 0.279 e. The number of para-hydroxylation sites is 1. The van der Waals surface area contributed by atoms with Crippen molar-refractivity contribution >= 4 is 27.5 Å². The number of unbranched alkanes of at least 4 members (excludes halogenated alkanes) is 2. The largest absolute Gasteiger partial charge is 0.321 e. The van der Waals surface area contributed by atoms with E-state index in [0.29, 0.717) is 6.54 Å². The van der Waals surface area contributed by atoms with Crippen LogP contribution < -0.4 is 5.32 Å². The van der Waals surface area contributed by atoms with E-state index < -0.39 is 0 Å². The van der Waals surface area contributed by atoms with Gasteiger partial charge in [0.15, 0.2) is 6.54 Å². The van der Waals surface area contributed by atoms with E-state index in [1.807, 2.05) is 32.0 Å². The molecule has 0 fully saturated rings. The minimum Gasteiger partial charge on any atom is -0.321 e. The predicted octanol–water partition coefficient (Wildman–Crippen LogP) is 4.66. The van der Waals surface area contributed by atoms with Gasteiger partial charge < -0.3 is 9.80 Å². The fourth-order valence-electron chi connectivity index (χ4n) is 3.11. The van der Waals surface area contributed by atoms with Gasteiger partial charge in [-0.1, -0.05) is 41.1 Å². The number of likely N-dealkylation sites (N-methyl/N-ethyl adjacent to an activating group) is 1. The molecule has 0 aliphatic rings. The van der Waals surface area contributed by atoms with E-state index in [0.717, 1.165) is 46.1 Å². The van der Waals surface area contributed by atoms with Crippen LogP contribution in [0.5, 0.6) is 0 Å². The molecule has 1 amide bonds. The monoisotopic (exact) mass is 383 g/mol. The summed E-state index contributed by atoms with van der Waals surface area (Å²) in [7, 11) is 2.21. The zero-order chi connectivity index (χ0) is 17.3. The molecule has 1 atom stereocenters. The van der Waals surface area contributed by atoms with Crippen LogP contribution in [-0.4, -0.2) is 42.4 Å². The van der Waals surface area contributed by atoms with Crippen LogP contribution in [0.15, 0.2) is 18.2 Å². The molecule has 1 unspecified atom stereocenters. The zero-order valence-electron chi connectivity index (χ0n) is 15.1. The van der Waals surface area contributed by atoms with Gasteiger partial charge in [0.2, 0.25) is 0 Å². The lowest BCUT2D eigenvalue weighted by Gasteiger charge is -2.34. The Morgan fingerprint density at radius 2 is 1.78 bits per heavy atom. The lowest BCUT2D eigenvalue weighted by molar-refractivity contribution is -0.902. The average molecular weight is 384 g/mol. The number of halogens is 1. The molecular weight excluding hydrogens is 352 g/mol. The first kappa shape index (κ1) is 20.2. The number of nitrogens with zero attached hydrogens (tertiary/aromatic N) is 1. The van der Waals surface area contributed by atoms with Crippen LogP contribution in [0.2, 0.25) is 0 Å². The molecule has 0 aromatic heterocycles. The van der Waals surface area contributed by atoms with Crippen molar-refractivity contribution in [3.8, 4) is 0 Å². The summed E-state index contributed by atoms with van der Waals surface area (Å²) in [5, 5.41) is 4.20. The molecular formula is C19H32BrN2O+. The van der Waals surface area contributed by atoms with Crippen molar-refractivity contribution in [3.63, 3.8) is 0 Å². The highest BCUT2D eigenvalue weighted by atomic mass is 79.9. The molecule has 0 bridgehead atoms. The lowest BCUT2D eigenvalue weighted by atomic mass is 10.1. The number of nitrogens with one attached hydrogen (secondary N) is 1. The number of hydrogen-bond acceptors (Lipinski definition) is 1. The van der Waals surface area contributed by atoms with Crippen LogP contribution >= 0.6 is 15.9 Å². The third kappa shape index (κ3) is 7.05. The Balaban J connectivity index is 2.66. The number of rotatable bonds is 10. The average Bonchev–Trinajstić information content (AvgIpc) is 2.48. The van der Waals surface area contributed by atoms with E-state index in [1.54, 1.807) is 0 Å². The molecule has 130 valence electrons. The minimum atomic E-state index is 0.124. The normalized spacial score (nSPS) is 13.6. The Morgan fingerprint density at radius 3 is 2.35 bits per heavy atom. The number of benzene rings is 1. The minimum absolute atomic E-state index is 0.124. The molecule has 1 aromatic rings. The Morgan fingerprint density at radius 1 is 1.13 bits per heavy atom. The van der Waals surface area contributed by atoms with E-state index in [-0.39, 0.29) is 5.91 Å². The quantitative estimate of drug-likeness (QED) is 0.355. The number of hydrogen-bond donors (Lipinski definition) is 1. The Hall–Kier alpha value is -0.870. The number of amides is 1. The van der Waals surface area contributed by atoms with Gasteiger partial charge in [-0.25, -0.2) is 0 Å². The van der Waals surface area contributed by atoms with E-state index in [9.17, 15) is 4.79 Å². The first-order valence-corrected chi connectivity index (χ1v) is 9.79. The second kappa shape index (κ2) is 10.1. The highest BCUT2D eigenvalue weighted by molar-refractivity contribution is 9.09. The van der Waals surface area contributed by atoms with E-state index in [1.165, 1.54) is 19.3 Å². The van der Waals surface area contributed by atoms with Gasteiger partial charge in [0.05, 0.1) is 20.1 Å². The van der Waals surface area contributed by atoms with E-state index >= 15 is 0 Å². The predicted molar refractivity (Wildman–Crippen MR) is 103 cm³/mol.